The predicted molar refractivity (Wildman–Crippen MR) is 53.1 cm³/mol. The number of rotatable bonds is 3. The normalized spacial score (nSPS) is 14.3. The molecule has 1 aromatic rings. The lowest BCUT2D eigenvalue weighted by atomic mass is 9.92. The van der Waals surface area contributed by atoms with Crippen LogP contribution in [0.15, 0.2) is 24.3 Å². The summed E-state index contributed by atoms with van der Waals surface area (Å²) in [4.78, 5) is 11.4. The summed E-state index contributed by atoms with van der Waals surface area (Å²) in [5.74, 6) is -0.667. The van der Waals surface area contributed by atoms with Crippen molar-refractivity contribution in [3.05, 3.63) is 29.8 Å². The van der Waals surface area contributed by atoms with E-state index in [0.29, 0.717) is 5.56 Å². The third-order valence-electron chi connectivity index (χ3n) is 2.18. The minimum absolute atomic E-state index is 0.0592. The van der Waals surface area contributed by atoms with Gasteiger partial charge in [-0.25, -0.2) is 4.79 Å². The van der Waals surface area contributed by atoms with Gasteiger partial charge in [-0.2, -0.15) is 0 Å². The Morgan fingerprint density at radius 2 is 2.00 bits per heavy atom. The van der Waals surface area contributed by atoms with E-state index in [1.54, 1.807) is 0 Å². The Kier molecular flexibility index (Phi) is 3.28. The quantitative estimate of drug-likeness (QED) is 0.597. The van der Waals surface area contributed by atoms with Gasteiger partial charge in [0.1, 0.15) is 5.75 Å². The molecule has 82 valence electrons. The van der Waals surface area contributed by atoms with Gasteiger partial charge in [0, 0.05) is 0 Å². The summed E-state index contributed by atoms with van der Waals surface area (Å²) >= 11 is 0. The van der Waals surface area contributed by atoms with Crippen LogP contribution in [0.5, 0.6) is 5.75 Å². The number of phenolic OH excluding ortho intramolecular Hbond substituents is 1. The van der Waals surface area contributed by atoms with Gasteiger partial charge in [0.2, 0.25) is 0 Å². The standard InChI is InChI=1S/C10H13NO4/c1-15-9(14)10(11,6-12)7-2-4-8(13)5-3-7/h2-5,12-13H,6,11H2,1H3. The first-order valence-electron chi connectivity index (χ1n) is 4.32. The third kappa shape index (κ3) is 2.08. The van der Waals surface area contributed by atoms with Crippen LogP contribution in [0.3, 0.4) is 0 Å². The number of phenols is 1. The summed E-state index contributed by atoms with van der Waals surface area (Å²) in [5, 5.41) is 18.2. The highest BCUT2D eigenvalue weighted by atomic mass is 16.5. The van der Waals surface area contributed by atoms with Crippen LogP contribution in [0.4, 0.5) is 0 Å². The molecule has 0 fully saturated rings. The molecule has 1 rings (SSSR count). The van der Waals surface area contributed by atoms with E-state index in [1.165, 1.54) is 31.4 Å². The Bertz CT molecular complexity index is 349. The molecule has 1 atom stereocenters. The van der Waals surface area contributed by atoms with Crippen molar-refractivity contribution in [1.82, 2.24) is 0 Å². The molecule has 0 aliphatic rings. The van der Waals surface area contributed by atoms with Crippen LogP contribution < -0.4 is 5.73 Å². The van der Waals surface area contributed by atoms with Crippen LogP contribution >= 0.6 is 0 Å². The van der Waals surface area contributed by atoms with Crippen LogP contribution in [0.1, 0.15) is 5.56 Å². The Labute approximate surface area is 87.1 Å². The van der Waals surface area contributed by atoms with Crippen molar-refractivity contribution in [3.8, 4) is 5.75 Å². The molecule has 0 bridgehead atoms. The van der Waals surface area contributed by atoms with Gasteiger partial charge in [0.15, 0.2) is 5.54 Å². The number of nitrogens with two attached hydrogens (primary N) is 1. The highest BCUT2D eigenvalue weighted by Crippen LogP contribution is 2.21. The van der Waals surface area contributed by atoms with Crippen molar-refractivity contribution < 1.29 is 19.7 Å². The molecule has 5 nitrogen and oxygen atoms in total. The number of carbonyl (C=O) groups excluding carboxylic acids is 1. The average molecular weight is 211 g/mol. The summed E-state index contributed by atoms with van der Waals surface area (Å²) in [6, 6.07) is 5.69. The fourth-order valence-electron chi connectivity index (χ4n) is 1.21. The third-order valence-corrected chi connectivity index (χ3v) is 2.18. The smallest absolute Gasteiger partial charge is 0.332 e. The number of hydrogen-bond acceptors (Lipinski definition) is 5. The second-order valence-electron chi connectivity index (χ2n) is 3.17. The Morgan fingerprint density at radius 3 is 2.40 bits per heavy atom. The van der Waals surface area contributed by atoms with Gasteiger partial charge < -0.3 is 20.7 Å². The first-order valence-corrected chi connectivity index (χ1v) is 4.32. The number of aromatic hydroxyl groups is 1. The lowest BCUT2D eigenvalue weighted by molar-refractivity contribution is -0.149. The maximum Gasteiger partial charge on any atom is 0.332 e. The number of benzene rings is 1. The molecule has 1 aromatic carbocycles. The van der Waals surface area contributed by atoms with Crippen LogP contribution in [0.2, 0.25) is 0 Å². The van der Waals surface area contributed by atoms with Gasteiger partial charge in [0.05, 0.1) is 13.7 Å². The molecule has 15 heavy (non-hydrogen) atoms. The second kappa shape index (κ2) is 4.29. The van der Waals surface area contributed by atoms with Crippen LogP contribution in [-0.4, -0.2) is 29.9 Å². The van der Waals surface area contributed by atoms with E-state index in [0.717, 1.165) is 0 Å². The van der Waals surface area contributed by atoms with E-state index >= 15 is 0 Å². The highest BCUT2D eigenvalue weighted by molar-refractivity contribution is 5.82. The molecule has 1 unspecified atom stereocenters. The van der Waals surface area contributed by atoms with E-state index in [-0.39, 0.29) is 5.75 Å². The summed E-state index contributed by atoms with van der Waals surface area (Å²) in [6.45, 7) is -0.565. The largest absolute Gasteiger partial charge is 0.508 e. The van der Waals surface area contributed by atoms with Crippen molar-refractivity contribution in [2.45, 2.75) is 5.54 Å². The minimum atomic E-state index is -1.58. The average Bonchev–Trinajstić information content (AvgIpc) is 2.27. The highest BCUT2D eigenvalue weighted by Gasteiger charge is 2.36. The van der Waals surface area contributed by atoms with E-state index in [9.17, 15) is 4.79 Å². The van der Waals surface area contributed by atoms with E-state index < -0.39 is 18.1 Å². The van der Waals surface area contributed by atoms with E-state index in [4.69, 9.17) is 15.9 Å². The number of aliphatic hydroxyl groups excluding tert-OH is 1. The number of ether oxygens (including phenoxy) is 1. The molecule has 0 spiro atoms. The Balaban J connectivity index is 3.11. The number of carbonyl (C=O) groups is 1. The molecular weight excluding hydrogens is 198 g/mol. The van der Waals surface area contributed by atoms with Gasteiger partial charge in [-0.3, -0.25) is 0 Å². The van der Waals surface area contributed by atoms with Gasteiger partial charge in [0.25, 0.3) is 0 Å². The Morgan fingerprint density at radius 1 is 1.47 bits per heavy atom. The molecular formula is C10H13NO4. The first kappa shape index (κ1) is 11.5. The zero-order chi connectivity index (χ0) is 11.5. The molecule has 4 N–H and O–H groups in total. The van der Waals surface area contributed by atoms with Crippen molar-refractivity contribution >= 4 is 5.97 Å². The number of aliphatic hydroxyl groups is 1. The molecule has 0 aromatic heterocycles. The first-order chi connectivity index (χ1) is 7.04. The van der Waals surface area contributed by atoms with Gasteiger partial charge >= 0.3 is 5.97 Å². The van der Waals surface area contributed by atoms with E-state index in [1.807, 2.05) is 0 Å². The fourth-order valence-corrected chi connectivity index (χ4v) is 1.21. The maximum absolute atomic E-state index is 11.4. The summed E-state index contributed by atoms with van der Waals surface area (Å²) < 4.78 is 4.50. The number of esters is 1. The van der Waals surface area contributed by atoms with Crippen molar-refractivity contribution in [2.75, 3.05) is 13.7 Å². The van der Waals surface area contributed by atoms with Crippen LogP contribution in [-0.2, 0) is 15.1 Å². The number of methoxy groups -OCH3 is 1. The van der Waals surface area contributed by atoms with Crippen LogP contribution in [0.25, 0.3) is 0 Å². The fraction of sp³-hybridized carbons (Fsp3) is 0.300. The number of hydrogen-bond donors (Lipinski definition) is 3. The lowest BCUT2D eigenvalue weighted by Crippen LogP contribution is -2.48. The monoisotopic (exact) mass is 211 g/mol. The summed E-state index contributed by atoms with van der Waals surface area (Å²) in [6.07, 6.45) is 0. The van der Waals surface area contributed by atoms with Crippen molar-refractivity contribution in [3.63, 3.8) is 0 Å². The molecule has 5 heteroatoms. The van der Waals surface area contributed by atoms with E-state index in [2.05, 4.69) is 4.74 Å². The maximum atomic E-state index is 11.4. The van der Waals surface area contributed by atoms with Gasteiger partial charge in [-0.05, 0) is 17.7 Å². The Hall–Kier alpha value is -1.59. The van der Waals surface area contributed by atoms with Crippen LogP contribution in [0, 0.1) is 0 Å². The SMILES string of the molecule is COC(=O)C(N)(CO)c1ccc(O)cc1. The van der Waals surface area contributed by atoms with Crippen molar-refractivity contribution in [1.29, 1.82) is 0 Å². The molecule has 0 amide bonds. The molecule has 0 saturated heterocycles. The molecule has 0 aliphatic carbocycles. The molecule has 0 radical (unpaired) electrons. The van der Waals surface area contributed by atoms with Crippen molar-refractivity contribution in [2.24, 2.45) is 5.73 Å². The summed E-state index contributed by atoms with van der Waals surface area (Å²) in [5.41, 5.74) is 4.52. The molecule has 0 saturated carbocycles. The zero-order valence-electron chi connectivity index (χ0n) is 8.30. The minimum Gasteiger partial charge on any atom is -0.508 e. The van der Waals surface area contributed by atoms with Gasteiger partial charge in [-0.15, -0.1) is 0 Å². The zero-order valence-corrected chi connectivity index (χ0v) is 8.30. The topological polar surface area (TPSA) is 92.8 Å². The predicted octanol–water partition coefficient (Wildman–Crippen LogP) is -0.288. The van der Waals surface area contributed by atoms with Gasteiger partial charge in [-0.1, -0.05) is 12.1 Å². The summed E-state index contributed by atoms with van der Waals surface area (Å²) in [7, 11) is 1.19. The lowest BCUT2D eigenvalue weighted by Gasteiger charge is -2.24. The second-order valence-corrected chi connectivity index (χ2v) is 3.17. The molecule has 0 aliphatic heterocycles. The molecule has 0 heterocycles.